The number of anilines is 2. The summed E-state index contributed by atoms with van der Waals surface area (Å²) in [6, 6.07) is 9.06. The number of amides is 1. The van der Waals surface area contributed by atoms with E-state index in [0.717, 1.165) is 0 Å². The number of nitrogens with one attached hydrogen (secondary N) is 2. The van der Waals surface area contributed by atoms with Crippen LogP contribution in [0.3, 0.4) is 0 Å². The second-order valence-corrected chi connectivity index (χ2v) is 10.3. The number of hydrogen-bond donors (Lipinski definition) is 2. The van der Waals surface area contributed by atoms with Crippen LogP contribution in [0.5, 0.6) is 0 Å². The van der Waals surface area contributed by atoms with Gasteiger partial charge in [-0.2, -0.15) is 4.98 Å². The molecule has 1 saturated heterocycles. The smallest absolute Gasteiger partial charge is 0.302 e. The fourth-order valence-corrected chi connectivity index (χ4v) is 5.27. The molecule has 0 spiro atoms. The molecular weight excluding hydrogens is 540 g/mol. The van der Waals surface area contributed by atoms with Crippen molar-refractivity contribution in [2.75, 3.05) is 18.4 Å². The highest BCUT2D eigenvalue weighted by molar-refractivity contribution is 6.31. The maximum absolute atomic E-state index is 14.8. The number of carbonyl (C=O) groups excluding carboxylic acids is 1. The quantitative estimate of drug-likeness (QED) is 0.360. The highest BCUT2D eigenvalue weighted by Crippen LogP contribution is 2.34. The highest BCUT2D eigenvalue weighted by Gasteiger charge is 2.28. The number of nitrogens with zero attached hydrogens (tertiary/aromatic N) is 5. The van der Waals surface area contributed by atoms with Gasteiger partial charge in [0.2, 0.25) is 5.95 Å². The lowest BCUT2D eigenvalue weighted by molar-refractivity contribution is 0.0668. The first kappa shape index (κ1) is 26.0. The van der Waals surface area contributed by atoms with Crippen LogP contribution in [0.4, 0.5) is 20.7 Å². The molecule has 2 aromatic carbocycles. The molecule has 4 heterocycles. The van der Waals surface area contributed by atoms with Gasteiger partial charge in [-0.3, -0.25) is 15.1 Å². The number of piperazine rings is 1. The van der Waals surface area contributed by atoms with E-state index >= 15 is 0 Å². The summed E-state index contributed by atoms with van der Waals surface area (Å²) in [5.41, 5.74) is 2.22. The maximum atomic E-state index is 14.8. The lowest BCUT2D eigenvalue weighted by atomic mass is 9.95. The molecule has 2 aliphatic rings. The highest BCUT2D eigenvalue weighted by atomic mass is 35.5. The average Bonchev–Trinajstić information content (AvgIpc) is 3.32. The zero-order valence-corrected chi connectivity index (χ0v) is 22.3. The zero-order chi connectivity index (χ0) is 28.0. The molecule has 4 aromatic rings. The standard InChI is InChI=1S/C28H24ClF2N7O2/c1-14-11-38(12-15(2)34-14)26(39)22-13-40-28(35-22)37-27-33-10-16-9-32-25(23-20(30)4-3-5-21(23)31)19-8-17(29)6-7-18(19)24(16)36-27/h3-8,10,13-15,34H,9,11-12H2,1-2H3,(H,33,35,36,37). The predicted octanol–water partition coefficient (Wildman–Crippen LogP) is 4.98. The Balaban J connectivity index is 1.31. The minimum atomic E-state index is -0.733. The fraction of sp³-hybridized carbons (Fsp3) is 0.250. The summed E-state index contributed by atoms with van der Waals surface area (Å²) >= 11 is 6.29. The van der Waals surface area contributed by atoms with Gasteiger partial charge < -0.3 is 14.6 Å². The van der Waals surface area contributed by atoms with Crippen LogP contribution in [0.1, 0.15) is 41.0 Å². The Morgan fingerprint density at radius 1 is 1.10 bits per heavy atom. The van der Waals surface area contributed by atoms with Crippen LogP contribution in [0.25, 0.3) is 11.3 Å². The van der Waals surface area contributed by atoms with Gasteiger partial charge in [-0.05, 0) is 38.1 Å². The molecule has 0 bridgehead atoms. The van der Waals surface area contributed by atoms with Crippen molar-refractivity contribution in [3.8, 4) is 11.3 Å². The molecule has 1 amide bonds. The van der Waals surface area contributed by atoms with Gasteiger partial charge in [0, 0.05) is 53.1 Å². The Morgan fingerprint density at radius 3 is 2.60 bits per heavy atom. The largest absolute Gasteiger partial charge is 0.431 e. The number of oxazole rings is 1. The summed E-state index contributed by atoms with van der Waals surface area (Å²) < 4.78 is 35.0. The molecule has 2 unspecified atom stereocenters. The molecule has 0 saturated carbocycles. The van der Waals surface area contributed by atoms with E-state index in [-0.39, 0.29) is 53.5 Å². The summed E-state index contributed by atoms with van der Waals surface area (Å²) in [6.45, 7) is 5.26. The van der Waals surface area contributed by atoms with Crippen molar-refractivity contribution in [2.45, 2.75) is 32.5 Å². The van der Waals surface area contributed by atoms with Crippen molar-refractivity contribution in [1.29, 1.82) is 0 Å². The lowest BCUT2D eigenvalue weighted by Gasteiger charge is -2.35. The van der Waals surface area contributed by atoms with Crippen LogP contribution in [-0.2, 0) is 6.54 Å². The molecule has 6 rings (SSSR count). The summed E-state index contributed by atoms with van der Waals surface area (Å²) in [6.07, 6.45) is 2.87. The van der Waals surface area contributed by atoms with Crippen LogP contribution in [0.15, 0.2) is 58.3 Å². The zero-order valence-electron chi connectivity index (χ0n) is 21.6. The summed E-state index contributed by atoms with van der Waals surface area (Å²) in [5.74, 6) is -1.53. The molecule has 2 N–H and O–H groups in total. The maximum Gasteiger partial charge on any atom is 0.302 e. The topological polar surface area (TPSA) is 109 Å². The first-order valence-corrected chi connectivity index (χ1v) is 13.1. The van der Waals surface area contributed by atoms with Gasteiger partial charge in [0.15, 0.2) is 5.69 Å². The van der Waals surface area contributed by atoms with E-state index in [2.05, 4.69) is 30.6 Å². The first-order valence-electron chi connectivity index (χ1n) is 12.7. The summed E-state index contributed by atoms with van der Waals surface area (Å²) in [7, 11) is 0. The minimum absolute atomic E-state index is 0.0508. The molecule has 1 fully saturated rings. The number of aliphatic imine (C=N–C) groups is 1. The van der Waals surface area contributed by atoms with Crippen molar-refractivity contribution in [3.05, 3.63) is 87.9 Å². The summed E-state index contributed by atoms with van der Waals surface area (Å²) in [5, 5.41) is 6.68. The molecule has 9 nitrogen and oxygen atoms in total. The van der Waals surface area contributed by atoms with Crippen molar-refractivity contribution < 1.29 is 18.0 Å². The number of halogens is 3. The molecular formula is C28H24ClF2N7O2. The van der Waals surface area contributed by atoms with E-state index in [1.807, 2.05) is 13.8 Å². The number of fused-ring (bicyclic) bond motifs is 3. The van der Waals surface area contributed by atoms with Crippen molar-refractivity contribution in [1.82, 2.24) is 25.2 Å². The predicted molar refractivity (Wildman–Crippen MR) is 146 cm³/mol. The van der Waals surface area contributed by atoms with Crippen molar-refractivity contribution >= 4 is 35.2 Å². The molecule has 204 valence electrons. The first-order chi connectivity index (χ1) is 19.3. The minimum Gasteiger partial charge on any atom is -0.431 e. The van der Waals surface area contributed by atoms with Gasteiger partial charge in [-0.1, -0.05) is 23.7 Å². The second kappa shape index (κ2) is 10.4. The van der Waals surface area contributed by atoms with Crippen molar-refractivity contribution in [3.63, 3.8) is 0 Å². The van der Waals surface area contributed by atoms with Gasteiger partial charge in [0.25, 0.3) is 5.91 Å². The summed E-state index contributed by atoms with van der Waals surface area (Å²) in [4.78, 5) is 32.5. The molecule has 2 atom stereocenters. The Morgan fingerprint density at radius 2 is 1.85 bits per heavy atom. The molecule has 2 aromatic heterocycles. The van der Waals surface area contributed by atoms with E-state index in [1.165, 1.54) is 24.5 Å². The third-order valence-electron chi connectivity index (χ3n) is 6.75. The Bertz CT molecular complexity index is 1630. The van der Waals surface area contributed by atoms with Gasteiger partial charge in [0.1, 0.15) is 17.9 Å². The van der Waals surface area contributed by atoms with Crippen molar-refractivity contribution in [2.24, 2.45) is 4.99 Å². The monoisotopic (exact) mass is 563 g/mol. The number of aromatic nitrogens is 3. The molecule has 12 heteroatoms. The molecule has 0 aliphatic carbocycles. The number of hydrogen-bond acceptors (Lipinski definition) is 8. The van der Waals surface area contributed by atoms with E-state index < -0.39 is 11.6 Å². The number of carbonyl (C=O) groups is 1. The average molecular weight is 564 g/mol. The number of benzene rings is 2. The third-order valence-corrected chi connectivity index (χ3v) is 6.99. The SMILES string of the molecule is CC1CN(C(=O)c2coc(Nc3ncc4c(n3)-c3ccc(Cl)cc3C(c3c(F)cccc3F)=NC4)n2)CC(C)N1. The third kappa shape index (κ3) is 4.93. The van der Waals surface area contributed by atoms with Crippen LogP contribution in [0, 0.1) is 11.6 Å². The Hall–Kier alpha value is -4.22. The Labute approximate surface area is 233 Å². The van der Waals surface area contributed by atoms with Gasteiger partial charge in [-0.15, -0.1) is 0 Å². The second-order valence-electron chi connectivity index (χ2n) is 9.86. The van der Waals surface area contributed by atoms with E-state index in [9.17, 15) is 13.6 Å². The van der Waals surface area contributed by atoms with Crippen LogP contribution >= 0.6 is 11.6 Å². The lowest BCUT2D eigenvalue weighted by Crippen LogP contribution is -2.55. The fourth-order valence-electron chi connectivity index (χ4n) is 5.10. The van der Waals surface area contributed by atoms with E-state index in [1.54, 1.807) is 29.3 Å². The molecule has 0 radical (unpaired) electrons. The normalized spacial score (nSPS) is 18.4. The van der Waals surface area contributed by atoms with Crippen LogP contribution in [0.2, 0.25) is 5.02 Å². The molecule has 2 aliphatic heterocycles. The van der Waals surface area contributed by atoms with Gasteiger partial charge in [-0.25, -0.2) is 18.7 Å². The molecule has 40 heavy (non-hydrogen) atoms. The number of rotatable bonds is 4. The van der Waals surface area contributed by atoms with E-state index in [4.69, 9.17) is 16.0 Å². The Kier molecular flexibility index (Phi) is 6.77. The van der Waals surface area contributed by atoms with Gasteiger partial charge >= 0.3 is 6.01 Å². The van der Waals surface area contributed by atoms with Gasteiger partial charge in [0.05, 0.1) is 23.5 Å². The van der Waals surface area contributed by atoms with Crippen LogP contribution < -0.4 is 10.6 Å². The van der Waals surface area contributed by atoms with Crippen LogP contribution in [-0.4, -0.2) is 56.6 Å². The van der Waals surface area contributed by atoms with E-state index in [0.29, 0.717) is 40.5 Å².